The summed E-state index contributed by atoms with van der Waals surface area (Å²) in [6.07, 6.45) is 2.52. The molecule has 4 nitrogen and oxygen atoms in total. The summed E-state index contributed by atoms with van der Waals surface area (Å²) in [5.74, 6) is 2.24. The van der Waals surface area contributed by atoms with Gasteiger partial charge < -0.3 is 19.5 Å². The van der Waals surface area contributed by atoms with Gasteiger partial charge in [-0.15, -0.1) is 0 Å². The van der Waals surface area contributed by atoms with Gasteiger partial charge in [0.25, 0.3) is 0 Å². The minimum absolute atomic E-state index is 0.278. The summed E-state index contributed by atoms with van der Waals surface area (Å²) in [5.41, 5.74) is 1.50. The van der Waals surface area contributed by atoms with Crippen molar-refractivity contribution in [2.75, 3.05) is 13.9 Å². The summed E-state index contributed by atoms with van der Waals surface area (Å²) in [7, 11) is 1.65. The van der Waals surface area contributed by atoms with Gasteiger partial charge in [0.1, 0.15) is 0 Å². The Kier molecular flexibility index (Phi) is 2.40. The fourth-order valence-electron chi connectivity index (χ4n) is 1.97. The van der Waals surface area contributed by atoms with Gasteiger partial charge in [-0.3, -0.25) is 0 Å². The molecule has 0 atom stereocenters. The van der Waals surface area contributed by atoms with Crippen LogP contribution in [0.3, 0.4) is 0 Å². The molecular weight excluding hydrogens is 218 g/mol. The lowest BCUT2D eigenvalue weighted by atomic mass is 10.1. The quantitative estimate of drug-likeness (QED) is 0.867. The number of hydrogen-bond acceptors (Lipinski definition) is 4. The molecule has 0 spiro atoms. The summed E-state index contributed by atoms with van der Waals surface area (Å²) < 4.78 is 16.1. The number of hydrogen-bond donors (Lipinski definition) is 1. The Balaban J connectivity index is 1.80. The molecule has 1 aromatic carbocycles. The molecule has 1 aliphatic heterocycles. The van der Waals surface area contributed by atoms with E-state index in [0.29, 0.717) is 11.3 Å². The average molecular weight is 235 g/mol. The van der Waals surface area contributed by atoms with Gasteiger partial charge in [-0.25, -0.2) is 0 Å². The van der Waals surface area contributed by atoms with E-state index in [1.54, 1.807) is 7.11 Å². The standard InChI is InChI=1S/C13H17NO3/c1-13(3-4-13)14-7-9-5-10(15-2)12-11(6-9)16-8-17-12/h5-6,14H,3-4,7-8H2,1-2H3. The lowest BCUT2D eigenvalue weighted by Crippen LogP contribution is -2.26. The van der Waals surface area contributed by atoms with Gasteiger partial charge >= 0.3 is 0 Å². The minimum atomic E-state index is 0.278. The van der Waals surface area contributed by atoms with Crippen LogP contribution in [0.2, 0.25) is 0 Å². The zero-order chi connectivity index (χ0) is 11.9. The molecule has 4 heteroatoms. The predicted molar refractivity (Wildman–Crippen MR) is 63.6 cm³/mol. The first-order chi connectivity index (χ1) is 8.20. The van der Waals surface area contributed by atoms with Crippen LogP contribution >= 0.6 is 0 Å². The van der Waals surface area contributed by atoms with Gasteiger partial charge in [-0.1, -0.05) is 0 Å². The maximum atomic E-state index is 5.40. The summed E-state index contributed by atoms with van der Waals surface area (Å²) in [4.78, 5) is 0. The van der Waals surface area contributed by atoms with Crippen LogP contribution in [-0.4, -0.2) is 19.4 Å². The lowest BCUT2D eigenvalue weighted by molar-refractivity contribution is 0.171. The Morgan fingerprint density at radius 3 is 2.88 bits per heavy atom. The first-order valence-electron chi connectivity index (χ1n) is 5.92. The van der Waals surface area contributed by atoms with Crippen LogP contribution in [0, 0.1) is 0 Å². The van der Waals surface area contributed by atoms with Crippen LogP contribution < -0.4 is 19.5 Å². The SMILES string of the molecule is COc1cc(CNC2(C)CC2)cc2c1OCO2. The van der Waals surface area contributed by atoms with Crippen molar-refractivity contribution in [2.24, 2.45) is 0 Å². The molecule has 0 aromatic heterocycles. The Labute approximate surface area is 101 Å². The number of benzene rings is 1. The second-order valence-electron chi connectivity index (χ2n) is 4.95. The normalized spacial score (nSPS) is 19.2. The van der Waals surface area contributed by atoms with E-state index in [1.807, 2.05) is 12.1 Å². The molecule has 1 aromatic rings. The monoisotopic (exact) mass is 235 g/mol. The maximum Gasteiger partial charge on any atom is 0.231 e. The fourth-order valence-corrected chi connectivity index (χ4v) is 1.97. The van der Waals surface area contributed by atoms with Gasteiger partial charge in [0, 0.05) is 12.1 Å². The highest BCUT2D eigenvalue weighted by atomic mass is 16.7. The van der Waals surface area contributed by atoms with E-state index in [-0.39, 0.29) is 6.79 Å². The molecular formula is C13H17NO3. The van der Waals surface area contributed by atoms with E-state index in [4.69, 9.17) is 14.2 Å². The Hall–Kier alpha value is -1.42. The molecule has 1 saturated carbocycles. The average Bonchev–Trinajstić information content (AvgIpc) is 2.90. The number of nitrogens with one attached hydrogen (secondary N) is 1. The van der Waals surface area contributed by atoms with E-state index < -0.39 is 0 Å². The van der Waals surface area contributed by atoms with E-state index in [1.165, 1.54) is 18.4 Å². The highest BCUT2D eigenvalue weighted by molar-refractivity contribution is 5.55. The summed E-state index contributed by atoms with van der Waals surface area (Å²) >= 11 is 0. The zero-order valence-electron chi connectivity index (χ0n) is 10.2. The van der Waals surface area contributed by atoms with Gasteiger partial charge in [-0.05, 0) is 37.5 Å². The topological polar surface area (TPSA) is 39.7 Å². The van der Waals surface area contributed by atoms with E-state index >= 15 is 0 Å². The molecule has 0 radical (unpaired) electrons. The third-order valence-corrected chi connectivity index (χ3v) is 3.44. The molecule has 3 rings (SSSR count). The van der Waals surface area contributed by atoms with Crippen molar-refractivity contribution >= 4 is 0 Å². The Morgan fingerprint density at radius 2 is 2.18 bits per heavy atom. The van der Waals surface area contributed by atoms with Crippen LogP contribution in [0.1, 0.15) is 25.3 Å². The number of ether oxygens (including phenoxy) is 3. The van der Waals surface area contributed by atoms with Crippen LogP contribution in [0.15, 0.2) is 12.1 Å². The van der Waals surface area contributed by atoms with Crippen molar-refractivity contribution in [2.45, 2.75) is 31.8 Å². The number of rotatable bonds is 4. The van der Waals surface area contributed by atoms with Crippen molar-refractivity contribution in [1.82, 2.24) is 5.32 Å². The molecule has 1 fully saturated rings. The van der Waals surface area contributed by atoms with Gasteiger partial charge in [0.05, 0.1) is 7.11 Å². The molecule has 17 heavy (non-hydrogen) atoms. The molecule has 2 aliphatic rings. The predicted octanol–water partition coefficient (Wildman–Crippen LogP) is 2.07. The third-order valence-electron chi connectivity index (χ3n) is 3.44. The lowest BCUT2D eigenvalue weighted by Gasteiger charge is -2.13. The summed E-state index contributed by atoms with van der Waals surface area (Å²) in [6.45, 7) is 3.36. The molecule has 0 saturated heterocycles. The van der Waals surface area contributed by atoms with Crippen molar-refractivity contribution in [3.8, 4) is 17.2 Å². The summed E-state index contributed by atoms with van der Waals surface area (Å²) in [5, 5.41) is 3.54. The van der Waals surface area contributed by atoms with Crippen molar-refractivity contribution < 1.29 is 14.2 Å². The maximum absolute atomic E-state index is 5.40. The first-order valence-corrected chi connectivity index (χ1v) is 5.92. The zero-order valence-corrected chi connectivity index (χ0v) is 10.2. The van der Waals surface area contributed by atoms with Crippen molar-refractivity contribution in [3.63, 3.8) is 0 Å². The molecule has 92 valence electrons. The molecule has 1 aliphatic carbocycles. The van der Waals surface area contributed by atoms with Gasteiger partial charge in [0.15, 0.2) is 11.5 Å². The van der Waals surface area contributed by atoms with Crippen LogP contribution in [0.5, 0.6) is 17.2 Å². The van der Waals surface area contributed by atoms with Gasteiger partial charge in [-0.2, -0.15) is 0 Å². The Bertz CT molecular complexity index is 441. The van der Waals surface area contributed by atoms with Crippen LogP contribution in [0.4, 0.5) is 0 Å². The summed E-state index contributed by atoms with van der Waals surface area (Å²) in [6, 6.07) is 4.02. The first kappa shape index (κ1) is 10.7. The Morgan fingerprint density at radius 1 is 1.35 bits per heavy atom. The fraction of sp³-hybridized carbons (Fsp3) is 0.538. The molecule has 1 heterocycles. The highest BCUT2D eigenvalue weighted by Crippen LogP contribution is 2.42. The second kappa shape index (κ2) is 3.81. The van der Waals surface area contributed by atoms with Crippen molar-refractivity contribution in [3.05, 3.63) is 17.7 Å². The molecule has 0 bridgehead atoms. The minimum Gasteiger partial charge on any atom is -0.493 e. The van der Waals surface area contributed by atoms with Crippen LogP contribution in [0.25, 0.3) is 0 Å². The van der Waals surface area contributed by atoms with Crippen molar-refractivity contribution in [1.29, 1.82) is 0 Å². The molecule has 0 unspecified atom stereocenters. The van der Waals surface area contributed by atoms with Crippen LogP contribution in [-0.2, 0) is 6.54 Å². The molecule has 0 amide bonds. The number of methoxy groups -OCH3 is 1. The van der Waals surface area contributed by atoms with Gasteiger partial charge in [0.2, 0.25) is 12.5 Å². The van der Waals surface area contributed by atoms with E-state index in [0.717, 1.165) is 18.0 Å². The highest BCUT2D eigenvalue weighted by Gasteiger charge is 2.36. The van der Waals surface area contributed by atoms with E-state index in [9.17, 15) is 0 Å². The smallest absolute Gasteiger partial charge is 0.231 e. The third kappa shape index (κ3) is 2.05. The second-order valence-corrected chi connectivity index (χ2v) is 4.95. The largest absolute Gasteiger partial charge is 0.493 e. The van der Waals surface area contributed by atoms with E-state index in [2.05, 4.69) is 12.2 Å². The molecule has 1 N–H and O–H groups in total. The number of fused-ring (bicyclic) bond motifs is 1.